The Hall–Kier alpha value is -2.94. The van der Waals surface area contributed by atoms with Crippen LogP contribution in [0.5, 0.6) is 11.5 Å². The number of benzene rings is 1. The Balaban J connectivity index is 2.58. The largest absolute Gasteiger partial charge is 0.493 e. The van der Waals surface area contributed by atoms with Crippen LogP contribution in [-0.4, -0.2) is 20.1 Å². The molecule has 0 aliphatic rings. The summed E-state index contributed by atoms with van der Waals surface area (Å²) in [6.07, 6.45) is 1.32. The first-order chi connectivity index (χ1) is 9.62. The fourth-order valence-corrected chi connectivity index (χ4v) is 1.87. The van der Waals surface area contributed by atoms with E-state index >= 15 is 0 Å². The first kappa shape index (κ1) is 13.5. The quantitative estimate of drug-likeness (QED) is 0.916. The van der Waals surface area contributed by atoms with E-state index in [2.05, 4.69) is 0 Å². The Kier molecular flexibility index (Phi) is 3.62. The topological polar surface area (TPSA) is 98.5 Å². The molecular formula is C14H12N2O4. The molecule has 2 rings (SSSR count). The normalized spacial score (nSPS) is 9.85. The van der Waals surface area contributed by atoms with Gasteiger partial charge in [0.05, 0.1) is 14.2 Å². The molecule has 0 saturated heterocycles. The molecule has 0 radical (unpaired) electrons. The van der Waals surface area contributed by atoms with Crippen molar-refractivity contribution in [3.05, 3.63) is 35.8 Å². The van der Waals surface area contributed by atoms with Crippen molar-refractivity contribution in [3.63, 3.8) is 0 Å². The third-order valence-corrected chi connectivity index (χ3v) is 2.82. The number of rotatable bonds is 4. The van der Waals surface area contributed by atoms with Crippen molar-refractivity contribution in [1.82, 2.24) is 0 Å². The van der Waals surface area contributed by atoms with E-state index in [0.717, 1.165) is 0 Å². The molecule has 1 aromatic heterocycles. The molecule has 2 aromatic rings. The van der Waals surface area contributed by atoms with E-state index in [9.17, 15) is 4.79 Å². The van der Waals surface area contributed by atoms with Crippen LogP contribution in [0, 0.1) is 11.3 Å². The van der Waals surface area contributed by atoms with Gasteiger partial charge < -0.3 is 19.6 Å². The van der Waals surface area contributed by atoms with Crippen LogP contribution >= 0.6 is 0 Å². The number of nitrogens with zero attached hydrogens (tertiary/aromatic N) is 1. The van der Waals surface area contributed by atoms with Gasteiger partial charge in [-0.05, 0) is 17.7 Å². The van der Waals surface area contributed by atoms with Gasteiger partial charge in [0, 0.05) is 5.56 Å². The third-order valence-electron chi connectivity index (χ3n) is 2.82. The number of methoxy groups -OCH3 is 2. The number of carbonyl (C=O) groups excluding carboxylic acids is 1. The van der Waals surface area contributed by atoms with Crippen molar-refractivity contribution in [1.29, 1.82) is 5.26 Å². The minimum Gasteiger partial charge on any atom is -0.493 e. The van der Waals surface area contributed by atoms with Gasteiger partial charge in [0.2, 0.25) is 5.76 Å². The predicted octanol–water partition coefficient (Wildman–Crippen LogP) is 1.93. The second-order valence-corrected chi connectivity index (χ2v) is 3.90. The molecule has 20 heavy (non-hydrogen) atoms. The Bertz CT molecular complexity index is 698. The molecule has 1 aromatic carbocycles. The van der Waals surface area contributed by atoms with Crippen molar-refractivity contribution in [2.24, 2.45) is 5.73 Å². The van der Waals surface area contributed by atoms with Crippen LogP contribution in [0.1, 0.15) is 16.1 Å². The van der Waals surface area contributed by atoms with Crippen LogP contribution in [0.4, 0.5) is 0 Å². The first-order valence-electron chi connectivity index (χ1n) is 5.66. The molecule has 0 aliphatic carbocycles. The number of ether oxygens (including phenoxy) is 2. The summed E-state index contributed by atoms with van der Waals surface area (Å²) in [4.78, 5) is 11.2. The Morgan fingerprint density at radius 3 is 2.55 bits per heavy atom. The second-order valence-electron chi connectivity index (χ2n) is 3.90. The van der Waals surface area contributed by atoms with Crippen LogP contribution in [0.25, 0.3) is 11.1 Å². The molecule has 0 fully saturated rings. The summed E-state index contributed by atoms with van der Waals surface area (Å²) in [6, 6.07) is 7.05. The summed E-state index contributed by atoms with van der Waals surface area (Å²) < 4.78 is 15.4. The lowest BCUT2D eigenvalue weighted by atomic mass is 10.0. The number of primary amides is 1. The van der Waals surface area contributed by atoms with E-state index in [4.69, 9.17) is 24.9 Å². The molecule has 0 unspecified atom stereocenters. The second kappa shape index (κ2) is 5.36. The van der Waals surface area contributed by atoms with Crippen molar-refractivity contribution >= 4 is 5.91 Å². The van der Waals surface area contributed by atoms with Gasteiger partial charge in [0.15, 0.2) is 11.5 Å². The highest BCUT2D eigenvalue weighted by atomic mass is 16.5. The summed E-state index contributed by atoms with van der Waals surface area (Å²) in [5.41, 5.74) is 6.39. The first-order valence-corrected chi connectivity index (χ1v) is 5.66. The van der Waals surface area contributed by atoms with Gasteiger partial charge in [0.1, 0.15) is 17.9 Å². The molecule has 6 heteroatoms. The number of carbonyl (C=O) groups is 1. The fraction of sp³-hybridized carbons (Fsp3) is 0.143. The SMILES string of the molecule is COc1ccc(-c2coc(C(N)=O)c2C#N)cc1OC. The Morgan fingerprint density at radius 2 is 2.00 bits per heavy atom. The van der Waals surface area contributed by atoms with Crippen LogP contribution in [0.2, 0.25) is 0 Å². The maximum Gasteiger partial charge on any atom is 0.285 e. The maximum absolute atomic E-state index is 11.2. The lowest BCUT2D eigenvalue weighted by Crippen LogP contribution is -2.11. The highest BCUT2D eigenvalue weighted by Gasteiger charge is 2.19. The van der Waals surface area contributed by atoms with Crippen molar-refractivity contribution in [2.75, 3.05) is 14.2 Å². The van der Waals surface area contributed by atoms with Gasteiger partial charge in [-0.1, -0.05) is 6.07 Å². The zero-order valence-electron chi connectivity index (χ0n) is 11.0. The number of furan rings is 1. The van der Waals surface area contributed by atoms with Gasteiger partial charge >= 0.3 is 0 Å². The van der Waals surface area contributed by atoms with Gasteiger partial charge in [0.25, 0.3) is 5.91 Å². The van der Waals surface area contributed by atoms with Gasteiger partial charge in [-0.2, -0.15) is 5.26 Å². The minimum atomic E-state index is -0.784. The number of hydrogen-bond donors (Lipinski definition) is 1. The smallest absolute Gasteiger partial charge is 0.285 e. The van der Waals surface area contributed by atoms with Crippen molar-refractivity contribution in [3.8, 4) is 28.7 Å². The van der Waals surface area contributed by atoms with Gasteiger partial charge in [-0.15, -0.1) is 0 Å². The lowest BCUT2D eigenvalue weighted by Gasteiger charge is -2.08. The zero-order valence-corrected chi connectivity index (χ0v) is 11.0. The third kappa shape index (κ3) is 2.17. The molecule has 0 bridgehead atoms. The van der Waals surface area contributed by atoms with Gasteiger partial charge in [-0.25, -0.2) is 0 Å². The van der Waals surface area contributed by atoms with Gasteiger partial charge in [-0.3, -0.25) is 4.79 Å². The number of nitriles is 1. The van der Waals surface area contributed by atoms with E-state index in [0.29, 0.717) is 22.6 Å². The number of nitrogens with two attached hydrogens (primary N) is 1. The molecule has 1 heterocycles. The van der Waals surface area contributed by atoms with E-state index in [1.807, 2.05) is 6.07 Å². The predicted molar refractivity (Wildman–Crippen MR) is 70.5 cm³/mol. The minimum absolute atomic E-state index is 0.102. The highest BCUT2D eigenvalue weighted by Crippen LogP contribution is 2.34. The lowest BCUT2D eigenvalue weighted by molar-refractivity contribution is 0.0973. The fourth-order valence-electron chi connectivity index (χ4n) is 1.87. The molecule has 2 N–H and O–H groups in total. The van der Waals surface area contributed by atoms with Crippen LogP contribution < -0.4 is 15.2 Å². The standard InChI is InChI=1S/C14H12N2O4/c1-18-11-4-3-8(5-12(11)19-2)10-7-20-13(14(16)17)9(10)6-15/h3-5,7H,1-2H3,(H2,16,17). The Morgan fingerprint density at radius 1 is 1.30 bits per heavy atom. The molecule has 0 saturated carbocycles. The van der Waals surface area contributed by atoms with Crippen LogP contribution in [0.15, 0.2) is 28.9 Å². The summed E-state index contributed by atoms with van der Waals surface area (Å²) in [5.74, 6) is 0.134. The average molecular weight is 272 g/mol. The van der Waals surface area contributed by atoms with E-state index in [1.54, 1.807) is 18.2 Å². The van der Waals surface area contributed by atoms with E-state index < -0.39 is 5.91 Å². The van der Waals surface area contributed by atoms with Crippen LogP contribution in [0.3, 0.4) is 0 Å². The van der Waals surface area contributed by atoms with E-state index in [1.165, 1.54) is 20.5 Å². The highest BCUT2D eigenvalue weighted by molar-refractivity contribution is 5.95. The monoisotopic (exact) mass is 272 g/mol. The average Bonchev–Trinajstić information content (AvgIpc) is 2.90. The molecule has 0 spiro atoms. The van der Waals surface area contributed by atoms with Crippen LogP contribution in [-0.2, 0) is 0 Å². The summed E-state index contributed by atoms with van der Waals surface area (Å²) in [5, 5.41) is 9.15. The summed E-state index contributed by atoms with van der Waals surface area (Å²) in [6.45, 7) is 0. The molecular weight excluding hydrogens is 260 g/mol. The zero-order chi connectivity index (χ0) is 14.7. The molecule has 102 valence electrons. The molecule has 0 aliphatic heterocycles. The molecule has 6 nitrogen and oxygen atoms in total. The maximum atomic E-state index is 11.2. The van der Waals surface area contributed by atoms with Crippen molar-refractivity contribution < 1.29 is 18.7 Å². The summed E-state index contributed by atoms with van der Waals surface area (Å²) in [7, 11) is 3.04. The number of hydrogen-bond acceptors (Lipinski definition) is 5. The van der Waals surface area contributed by atoms with E-state index in [-0.39, 0.29) is 11.3 Å². The molecule has 0 atom stereocenters. The number of amides is 1. The van der Waals surface area contributed by atoms with Crippen molar-refractivity contribution in [2.45, 2.75) is 0 Å². The summed E-state index contributed by atoms with van der Waals surface area (Å²) >= 11 is 0. The Labute approximate surface area is 115 Å². The molecule has 1 amide bonds.